The highest BCUT2D eigenvalue weighted by Gasteiger charge is 2.34. The number of ether oxygens (including phenoxy) is 1. The van der Waals surface area contributed by atoms with Crippen molar-refractivity contribution in [3.63, 3.8) is 0 Å². The van der Waals surface area contributed by atoms with Gasteiger partial charge >= 0.3 is 0 Å². The van der Waals surface area contributed by atoms with Crippen molar-refractivity contribution in [3.8, 4) is 0 Å². The van der Waals surface area contributed by atoms with Crippen LogP contribution in [0.15, 0.2) is 45.5 Å². The van der Waals surface area contributed by atoms with Crippen LogP contribution in [0.5, 0.6) is 0 Å². The largest absolute Gasteiger partial charge is 0.378 e. The van der Waals surface area contributed by atoms with E-state index >= 15 is 0 Å². The minimum absolute atomic E-state index is 0.0611. The number of hydrogen-bond donors (Lipinski definition) is 1. The summed E-state index contributed by atoms with van der Waals surface area (Å²) < 4.78 is 6.71. The van der Waals surface area contributed by atoms with E-state index in [4.69, 9.17) is 4.74 Å². The Labute approximate surface area is 180 Å². The average molecular weight is 430 g/mol. The fourth-order valence-corrected chi connectivity index (χ4v) is 6.63. The first-order valence-corrected chi connectivity index (χ1v) is 12.1. The standard InChI is InChI=1S/C22H27N3O2S2/c26-22(23-19-15-24-9-7-16(19)8-10-24)17-1-3-18(4-2-17)28-21-6-5-20(29-21)25-11-13-27-14-12-25/h1-6,16,19H,7-15H2,(H,23,26)/t19-/m0/s1. The lowest BCUT2D eigenvalue weighted by Gasteiger charge is -2.44. The van der Waals surface area contributed by atoms with Gasteiger partial charge in [-0.2, -0.15) is 0 Å². The number of carbonyl (C=O) groups is 1. The van der Waals surface area contributed by atoms with E-state index in [-0.39, 0.29) is 5.91 Å². The van der Waals surface area contributed by atoms with Crippen molar-refractivity contribution in [2.45, 2.75) is 28.0 Å². The maximum atomic E-state index is 12.7. The molecule has 2 bridgehead atoms. The van der Waals surface area contributed by atoms with E-state index in [9.17, 15) is 4.79 Å². The molecule has 1 aromatic heterocycles. The number of piperidine rings is 3. The third-order valence-electron chi connectivity index (χ3n) is 6.20. The van der Waals surface area contributed by atoms with E-state index in [0.717, 1.165) is 38.4 Å². The second-order valence-electron chi connectivity index (χ2n) is 8.04. The lowest BCUT2D eigenvalue weighted by atomic mass is 9.84. The van der Waals surface area contributed by atoms with Gasteiger partial charge in [0.2, 0.25) is 0 Å². The van der Waals surface area contributed by atoms with Gasteiger partial charge < -0.3 is 19.9 Å². The first kappa shape index (κ1) is 19.4. The molecule has 1 amide bonds. The van der Waals surface area contributed by atoms with E-state index in [1.165, 1.54) is 40.0 Å². The number of rotatable bonds is 5. The van der Waals surface area contributed by atoms with Crippen LogP contribution in [0.4, 0.5) is 5.00 Å². The molecule has 1 aromatic carbocycles. The van der Waals surface area contributed by atoms with Gasteiger partial charge in [0.05, 0.1) is 22.4 Å². The lowest BCUT2D eigenvalue weighted by molar-refractivity contribution is 0.0620. The maximum absolute atomic E-state index is 12.7. The molecule has 1 atom stereocenters. The van der Waals surface area contributed by atoms with Crippen molar-refractivity contribution in [3.05, 3.63) is 42.0 Å². The second-order valence-corrected chi connectivity index (χ2v) is 10.5. The van der Waals surface area contributed by atoms with Gasteiger partial charge in [-0.3, -0.25) is 4.79 Å². The van der Waals surface area contributed by atoms with Crippen LogP contribution in [-0.4, -0.2) is 62.8 Å². The van der Waals surface area contributed by atoms with Crippen LogP contribution in [0.2, 0.25) is 0 Å². The Balaban J connectivity index is 1.18. The Morgan fingerprint density at radius 2 is 1.79 bits per heavy atom. The van der Waals surface area contributed by atoms with E-state index in [1.54, 1.807) is 11.8 Å². The number of nitrogens with zero attached hydrogens (tertiary/aromatic N) is 2. The monoisotopic (exact) mass is 429 g/mol. The predicted octanol–water partition coefficient (Wildman–Crippen LogP) is 3.56. The summed E-state index contributed by atoms with van der Waals surface area (Å²) in [7, 11) is 0. The number of amides is 1. The van der Waals surface area contributed by atoms with Gasteiger partial charge in [0.1, 0.15) is 0 Å². The molecule has 29 heavy (non-hydrogen) atoms. The van der Waals surface area contributed by atoms with Crippen molar-refractivity contribution in [2.75, 3.05) is 50.8 Å². The van der Waals surface area contributed by atoms with Gasteiger partial charge in [0, 0.05) is 36.1 Å². The molecule has 154 valence electrons. The molecular formula is C22H27N3O2S2. The summed E-state index contributed by atoms with van der Waals surface area (Å²) in [5.74, 6) is 0.712. The third-order valence-corrected chi connectivity index (χ3v) is 8.48. The Morgan fingerprint density at radius 1 is 1.03 bits per heavy atom. The van der Waals surface area contributed by atoms with Crippen molar-refractivity contribution in [2.24, 2.45) is 5.92 Å². The maximum Gasteiger partial charge on any atom is 0.251 e. The van der Waals surface area contributed by atoms with Crippen LogP contribution in [0, 0.1) is 5.92 Å². The molecule has 1 N–H and O–H groups in total. The van der Waals surface area contributed by atoms with Crippen molar-refractivity contribution in [1.82, 2.24) is 10.2 Å². The molecule has 5 nitrogen and oxygen atoms in total. The number of benzene rings is 1. The number of morpholine rings is 1. The molecule has 0 unspecified atom stereocenters. The van der Waals surface area contributed by atoms with Crippen LogP contribution in [0.25, 0.3) is 0 Å². The fourth-order valence-electron chi connectivity index (χ4n) is 4.49. The van der Waals surface area contributed by atoms with Crippen LogP contribution in [0.3, 0.4) is 0 Å². The molecule has 0 aliphatic carbocycles. The van der Waals surface area contributed by atoms with Gasteiger partial charge in [0.25, 0.3) is 5.91 Å². The van der Waals surface area contributed by atoms with Gasteiger partial charge in [-0.05, 0) is 68.2 Å². The smallest absolute Gasteiger partial charge is 0.251 e. The molecule has 2 aromatic rings. The summed E-state index contributed by atoms with van der Waals surface area (Å²) in [6.45, 7) is 6.95. The number of fused-ring (bicyclic) bond motifs is 3. The predicted molar refractivity (Wildman–Crippen MR) is 118 cm³/mol. The van der Waals surface area contributed by atoms with Crippen molar-refractivity contribution < 1.29 is 9.53 Å². The number of nitrogens with one attached hydrogen (secondary N) is 1. The molecule has 4 aliphatic rings. The molecule has 0 radical (unpaired) electrons. The van der Waals surface area contributed by atoms with E-state index < -0.39 is 0 Å². The van der Waals surface area contributed by atoms with Crippen molar-refractivity contribution in [1.29, 1.82) is 0 Å². The number of anilines is 1. The molecule has 0 spiro atoms. The zero-order valence-corrected chi connectivity index (χ0v) is 18.1. The van der Waals surface area contributed by atoms with Crippen LogP contribution in [-0.2, 0) is 4.74 Å². The molecule has 4 fully saturated rings. The summed E-state index contributed by atoms with van der Waals surface area (Å²) in [6.07, 6.45) is 2.43. The van der Waals surface area contributed by atoms with Crippen LogP contribution in [0.1, 0.15) is 23.2 Å². The molecular weight excluding hydrogens is 402 g/mol. The Morgan fingerprint density at radius 3 is 2.48 bits per heavy atom. The normalized spacial score (nSPS) is 26.5. The lowest BCUT2D eigenvalue weighted by Crippen LogP contribution is -2.57. The van der Waals surface area contributed by atoms with E-state index in [2.05, 4.69) is 39.4 Å². The summed E-state index contributed by atoms with van der Waals surface area (Å²) in [6, 6.07) is 12.7. The summed E-state index contributed by atoms with van der Waals surface area (Å²) in [5, 5.41) is 4.58. The first-order chi connectivity index (χ1) is 14.2. The molecule has 6 rings (SSSR count). The van der Waals surface area contributed by atoms with Gasteiger partial charge in [-0.15, -0.1) is 11.3 Å². The van der Waals surface area contributed by atoms with Crippen molar-refractivity contribution >= 4 is 34.0 Å². The SMILES string of the molecule is O=C(N[C@H]1CN2CCC1CC2)c1ccc(Sc2ccc(N3CCOCC3)s2)cc1. The highest BCUT2D eigenvalue weighted by molar-refractivity contribution is 8.01. The second kappa shape index (κ2) is 8.68. The summed E-state index contributed by atoms with van der Waals surface area (Å²) in [4.78, 5) is 18.7. The Bertz CT molecular complexity index is 840. The molecule has 0 saturated carbocycles. The summed E-state index contributed by atoms with van der Waals surface area (Å²) in [5.41, 5.74) is 0.756. The van der Waals surface area contributed by atoms with E-state index in [1.807, 2.05) is 23.5 Å². The fraction of sp³-hybridized carbons (Fsp3) is 0.500. The third kappa shape index (κ3) is 4.48. The minimum Gasteiger partial charge on any atom is -0.378 e. The molecule has 5 heterocycles. The average Bonchev–Trinajstić information content (AvgIpc) is 3.24. The molecule has 4 saturated heterocycles. The van der Waals surface area contributed by atoms with Gasteiger partial charge in [-0.25, -0.2) is 0 Å². The number of carbonyl (C=O) groups excluding carboxylic acids is 1. The van der Waals surface area contributed by atoms with Crippen LogP contribution < -0.4 is 10.2 Å². The zero-order chi connectivity index (χ0) is 19.6. The van der Waals surface area contributed by atoms with Gasteiger partial charge in [0.15, 0.2) is 0 Å². The Hall–Kier alpha value is -1.54. The number of thiophene rings is 1. The molecule has 7 heteroatoms. The highest BCUT2D eigenvalue weighted by Crippen LogP contribution is 2.37. The highest BCUT2D eigenvalue weighted by atomic mass is 32.2. The minimum atomic E-state index is 0.0611. The quantitative estimate of drug-likeness (QED) is 0.787. The number of hydrogen-bond acceptors (Lipinski definition) is 6. The zero-order valence-electron chi connectivity index (χ0n) is 16.5. The van der Waals surface area contributed by atoms with Crippen LogP contribution >= 0.6 is 23.1 Å². The van der Waals surface area contributed by atoms with Gasteiger partial charge in [-0.1, -0.05) is 11.8 Å². The Kier molecular flexibility index (Phi) is 5.81. The topological polar surface area (TPSA) is 44.8 Å². The first-order valence-electron chi connectivity index (χ1n) is 10.5. The van der Waals surface area contributed by atoms with E-state index in [0.29, 0.717) is 12.0 Å². The summed E-state index contributed by atoms with van der Waals surface area (Å²) >= 11 is 3.58. The molecule has 4 aliphatic heterocycles.